The maximum absolute atomic E-state index is 11.7. The van der Waals surface area contributed by atoms with Crippen molar-refractivity contribution in [2.24, 2.45) is 0 Å². The van der Waals surface area contributed by atoms with Gasteiger partial charge in [-0.05, 0) is 31.4 Å². The second-order valence-electron chi connectivity index (χ2n) is 5.35. The predicted octanol–water partition coefficient (Wildman–Crippen LogP) is 1.59. The van der Waals surface area contributed by atoms with Gasteiger partial charge in [0.05, 0.1) is 18.2 Å². The van der Waals surface area contributed by atoms with Gasteiger partial charge < -0.3 is 15.6 Å². The van der Waals surface area contributed by atoms with E-state index < -0.39 is 0 Å². The Balaban J connectivity index is 1.60. The smallest absolute Gasteiger partial charge is 0.220 e. The van der Waals surface area contributed by atoms with Crippen LogP contribution in [0.15, 0.2) is 30.9 Å². The third kappa shape index (κ3) is 3.39. The molecule has 3 N–H and O–H groups in total. The number of imidazole rings is 1. The van der Waals surface area contributed by atoms with E-state index >= 15 is 0 Å². The number of nitrogens with one attached hydrogen (secondary N) is 1. The molecule has 1 fully saturated rings. The summed E-state index contributed by atoms with van der Waals surface area (Å²) in [6.07, 6.45) is 8.77. The molecule has 6 nitrogen and oxygen atoms in total. The molecule has 1 saturated carbocycles. The van der Waals surface area contributed by atoms with Crippen LogP contribution in [0.5, 0.6) is 0 Å². The maximum Gasteiger partial charge on any atom is 0.220 e. The van der Waals surface area contributed by atoms with Crippen LogP contribution >= 0.6 is 0 Å². The van der Waals surface area contributed by atoms with Gasteiger partial charge in [-0.2, -0.15) is 0 Å². The van der Waals surface area contributed by atoms with Crippen molar-refractivity contribution in [3.8, 4) is 11.3 Å². The fourth-order valence-corrected chi connectivity index (χ4v) is 2.29. The first-order chi connectivity index (χ1) is 10.2. The normalized spacial score (nSPS) is 14.1. The van der Waals surface area contributed by atoms with Crippen molar-refractivity contribution in [2.45, 2.75) is 38.3 Å². The average Bonchev–Trinajstić information content (AvgIpc) is 3.15. The largest absolute Gasteiger partial charge is 0.383 e. The minimum Gasteiger partial charge on any atom is -0.383 e. The molecule has 0 aromatic carbocycles. The Hall–Kier alpha value is -2.37. The van der Waals surface area contributed by atoms with Crippen LogP contribution in [0.1, 0.15) is 25.7 Å². The number of carbonyl (C=O) groups excluding carboxylic acids is 1. The summed E-state index contributed by atoms with van der Waals surface area (Å²) in [5.74, 6) is 0.630. The zero-order chi connectivity index (χ0) is 14.7. The van der Waals surface area contributed by atoms with Crippen molar-refractivity contribution < 1.29 is 4.79 Å². The summed E-state index contributed by atoms with van der Waals surface area (Å²) in [7, 11) is 0. The Morgan fingerprint density at radius 3 is 3.10 bits per heavy atom. The van der Waals surface area contributed by atoms with Gasteiger partial charge >= 0.3 is 0 Å². The average molecular weight is 285 g/mol. The molecule has 3 rings (SSSR count). The van der Waals surface area contributed by atoms with Crippen LogP contribution in [-0.4, -0.2) is 26.5 Å². The van der Waals surface area contributed by atoms with Gasteiger partial charge in [-0.1, -0.05) is 0 Å². The molecule has 6 heteroatoms. The highest BCUT2D eigenvalue weighted by atomic mass is 16.1. The molecule has 0 spiro atoms. The van der Waals surface area contributed by atoms with E-state index in [1.54, 1.807) is 18.7 Å². The van der Waals surface area contributed by atoms with Crippen LogP contribution in [0.3, 0.4) is 0 Å². The summed E-state index contributed by atoms with van der Waals surface area (Å²) in [5, 5.41) is 3.00. The highest BCUT2D eigenvalue weighted by molar-refractivity contribution is 5.76. The monoisotopic (exact) mass is 285 g/mol. The number of rotatable bonds is 6. The maximum atomic E-state index is 11.7. The van der Waals surface area contributed by atoms with Crippen LogP contribution in [0.4, 0.5) is 5.82 Å². The molecule has 0 atom stereocenters. The van der Waals surface area contributed by atoms with E-state index in [2.05, 4.69) is 15.3 Å². The Labute approximate surface area is 123 Å². The zero-order valence-corrected chi connectivity index (χ0v) is 11.8. The number of hydrogen-bond acceptors (Lipinski definition) is 4. The van der Waals surface area contributed by atoms with Gasteiger partial charge in [0.1, 0.15) is 5.82 Å². The molecular formula is C15H19N5O. The topological polar surface area (TPSA) is 85.8 Å². The number of pyridine rings is 1. The van der Waals surface area contributed by atoms with Crippen molar-refractivity contribution >= 4 is 11.7 Å². The number of nitrogens with two attached hydrogens (primary N) is 1. The Kier molecular flexibility index (Phi) is 3.85. The van der Waals surface area contributed by atoms with Crippen molar-refractivity contribution in [1.82, 2.24) is 19.9 Å². The fraction of sp³-hybridized carbons (Fsp3) is 0.400. The SMILES string of the molecule is Nc1ncccc1-c1cncn1CCCC(=O)NC1CC1. The van der Waals surface area contributed by atoms with E-state index in [0.29, 0.717) is 18.3 Å². The number of aromatic nitrogens is 3. The Morgan fingerprint density at radius 2 is 2.33 bits per heavy atom. The predicted molar refractivity (Wildman–Crippen MR) is 80.3 cm³/mol. The molecule has 0 radical (unpaired) electrons. The quantitative estimate of drug-likeness (QED) is 0.844. The molecule has 0 bridgehead atoms. The number of carbonyl (C=O) groups is 1. The van der Waals surface area contributed by atoms with E-state index in [4.69, 9.17) is 5.73 Å². The second kappa shape index (κ2) is 5.95. The lowest BCUT2D eigenvalue weighted by Crippen LogP contribution is -2.25. The molecule has 0 saturated heterocycles. The number of nitrogen functional groups attached to an aromatic ring is 1. The van der Waals surface area contributed by atoms with Crippen LogP contribution in [0.2, 0.25) is 0 Å². The summed E-state index contributed by atoms with van der Waals surface area (Å²) in [5.41, 5.74) is 7.71. The minimum atomic E-state index is 0.139. The summed E-state index contributed by atoms with van der Waals surface area (Å²) in [4.78, 5) is 19.9. The van der Waals surface area contributed by atoms with Crippen molar-refractivity contribution in [1.29, 1.82) is 0 Å². The van der Waals surface area contributed by atoms with Crippen LogP contribution in [0, 0.1) is 0 Å². The molecule has 0 aliphatic heterocycles. The Bertz CT molecular complexity index is 632. The van der Waals surface area contributed by atoms with Crippen LogP contribution < -0.4 is 11.1 Å². The van der Waals surface area contributed by atoms with Gasteiger partial charge in [0.15, 0.2) is 0 Å². The van der Waals surface area contributed by atoms with E-state index in [1.807, 2.05) is 16.7 Å². The van der Waals surface area contributed by atoms with Gasteiger partial charge in [-0.3, -0.25) is 4.79 Å². The second-order valence-corrected chi connectivity index (χ2v) is 5.35. The van der Waals surface area contributed by atoms with Crippen molar-refractivity contribution in [3.05, 3.63) is 30.9 Å². The molecule has 1 aliphatic carbocycles. The zero-order valence-electron chi connectivity index (χ0n) is 11.8. The summed E-state index contributed by atoms with van der Waals surface area (Å²) in [6, 6.07) is 4.21. The first-order valence-electron chi connectivity index (χ1n) is 7.24. The lowest BCUT2D eigenvalue weighted by molar-refractivity contribution is -0.121. The van der Waals surface area contributed by atoms with Gasteiger partial charge in [-0.25, -0.2) is 9.97 Å². The van der Waals surface area contributed by atoms with Crippen molar-refractivity contribution in [3.63, 3.8) is 0 Å². The molecule has 2 aromatic heterocycles. The van der Waals surface area contributed by atoms with Gasteiger partial charge in [0.2, 0.25) is 5.91 Å². The van der Waals surface area contributed by atoms with E-state index in [-0.39, 0.29) is 5.91 Å². The standard InChI is InChI=1S/C15H19N5O/c16-15-12(3-1-7-18-15)13-9-17-10-20(13)8-2-4-14(21)19-11-5-6-11/h1,3,7,9-11H,2,4-6,8H2,(H2,16,18)(H,19,21). The third-order valence-corrected chi connectivity index (χ3v) is 3.57. The van der Waals surface area contributed by atoms with Gasteiger partial charge in [0.25, 0.3) is 0 Å². The van der Waals surface area contributed by atoms with Gasteiger partial charge in [0, 0.05) is 30.8 Å². The minimum absolute atomic E-state index is 0.139. The number of aryl methyl sites for hydroxylation is 1. The molecule has 1 aliphatic rings. The number of amides is 1. The molecule has 2 aromatic rings. The first-order valence-corrected chi connectivity index (χ1v) is 7.24. The molecule has 21 heavy (non-hydrogen) atoms. The summed E-state index contributed by atoms with van der Waals surface area (Å²) >= 11 is 0. The highest BCUT2D eigenvalue weighted by Crippen LogP contribution is 2.23. The molecule has 2 heterocycles. The molecule has 110 valence electrons. The van der Waals surface area contributed by atoms with Crippen LogP contribution in [-0.2, 0) is 11.3 Å². The summed E-state index contributed by atoms with van der Waals surface area (Å²) in [6.45, 7) is 0.738. The number of hydrogen-bond donors (Lipinski definition) is 2. The molecule has 0 unspecified atom stereocenters. The first kappa shape index (κ1) is 13.6. The lowest BCUT2D eigenvalue weighted by atomic mass is 10.2. The van der Waals surface area contributed by atoms with Gasteiger partial charge in [-0.15, -0.1) is 0 Å². The molecule has 1 amide bonds. The summed E-state index contributed by atoms with van der Waals surface area (Å²) < 4.78 is 2.01. The van der Waals surface area contributed by atoms with Crippen molar-refractivity contribution in [2.75, 3.05) is 5.73 Å². The lowest BCUT2D eigenvalue weighted by Gasteiger charge is -2.09. The Morgan fingerprint density at radius 1 is 1.48 bits per heavy atom. The van der Waals surface area contributed by atoms with Crippen LogP contribution in [0.25, 0.3) is 11.3 Å². The number of anilines is 1. The van der Waals surface area contributed by atoms with E-state index in [1.165, 1.54) is 0 Å². The highest BCUT2D eigenvalue weighted by Gasteiger charge is 2.22. The third-order valence-electron chi connectivity index (χ3n) is 3.57. The van der Waals surface area contributed by atoms with E-state index in [9.17, 15) is 4.79 Å². The van der Waals surface area contributed by atoms with E-state index in [0.717, 1.165) is 37.1 Å². The fourth-order valence-electron chi connectivity index (χ4n) is 2.29. The number of nitrogens with zero attached hydrogens (tertiary/aromatic N) is 3. The molecular weight excluding hydrogens is 266 g/mol.